The Labute approximate surface area is 101 Å². The summed E-state index contributed by atoms with van der Waals surface area (Å²) in [6.07, 6.45) is 9.95. The maximum atomic E-state index is 12.2. The van der Waals surface area contributed by atoms with Gasteiger partial charge in [-0.15, -0.1) is 13.2 Å². The van der Waals surface area contributed by atoms with Crippen molar-refractivity contribution in [2.24, 2.45) is 11.8 Å². The number of allylic oxidation sites excluding steroid dienone is 2. The summed E-state index contributed by atoms with van der Waals surface area (Å²) >= 11 is 0. The molecule has 1 nitrogen and oxygen atoms in total. The van der Waals surface area contributed by atoms with Crippen molar-refractivity contribution in [3.05, 3.63) is 25.3 Å². The molecule has 0 aromatic heterocycles. The van der Waals surface area contributed by atoms with Crippen LogP contribution in [0.5, 0.6) is 0 Å². The van der Waals surface area contributed by atoms with Crippen molar-refractivity contribution >= 4 is 5.78 Å². The van der Waals surface area contributed by atoms with E-state index in [0.717, 1.165) is 38.5 Å². The molecule has 0 aromatic rings. The predicted octanol–water partition coefficient (Wildman–Crippen LogP) is 4.54. The zero-order chi connectivity index (χ0) is 12.4. The highest BCUT2D eigenvalue weighted by Gasteiger charge is 2.21. The van der Waals surface area contributed by atoms with Crippen LogP contribution < -0.4 is 0 Å². The van der Waals surface area contributed by atoms with Gasteiger partial charge in [0.15, 0.2) is 0 Å². The van der Waals surface area contributed by atoms with E-state index < -0.39 is 0 Å². The molecule has 0 aliphatic carbocycles. The van der Waals surface area contributed by atoms with Crippen molar-refractivity contribution in [2.75, 3.05) is 0 Å². The van der Waals surface area contributed by atoms with E-state index in [1.54, 1.807) is 12.2 Å². The molecule has 0 amide bonds. The van der Waals surface area contributed by atoms with Gasteiger partial charge in [-0.05, 0) is 12.8 Å². The van der Waals surface area contributed by atoms with E-state index in [4.69, 9.17) is 0 Å². The molecular formula is C15H26O. The van der Waals surface area contributed by atoms with Gasteiger partial charge in [0.1, 0.15) is 5.78 Å². The van der Waals surface area contributed by atoms with E-state index in [-0.39, 0.29) is 11.8 Å². The lowest BCUT2D eigenvalue weighted by molar-refractivity contribution is -0.124. The first kappa shape index (κ1) is 15.2. The van der Waals surface area contributed by atoms with E-state index >= 15 is 0 Å². The summed E-state index contributed by atoms with van der Waals surface area (Å²) in [5.41, 5.74) is 0. The molecule has 0 saturated heterocycles. The molecule has 92 valence electrons. The molecule has 0 rings (SSSR count). The van der Waals surface area contributed by atoms with Crippen molar-refractivity contribution < 1.29 is 4.79 Å². The van der Waals surface area contributed by atoms with Crippen LogP contribution in [0.3, 0.4) is 0 Å². The first-order valence-corrected chi connectivity index (χ1v) is 6.50. The molecule has 16 heavy (non-hydrogen) atoms. The second kappa shape index (κ2) is 9.38. The van der Waals surface area contributed by atoms with Gasteiger partial charge in [-0.1, -0.05) is 51.7 Å². The molecule has 0 N–H and O–H groups in total. The number of rotatable bonds is 10. The van der Waals surface area contributed by atoms with Crippen LogP contribution in [0.2, 0.25) is 0 Å². The topological polar surface area (TPSA) is 17.1 Å². The minimum atomic E-state index is 0.0276. The number of hydrogen-bond acceptors (Lipinski definition) is 1. The van der Waals surface area contributed by atoms with Crippen LogP contribution in [-0.4, -0.2) is 5.78 Å². The van der Waals surface area contributed by atoms with Crippen LogP contribution in [0.4, 0.5) is 0 Å². The van der Waals surface area contributed by atoms with Crippen molar-refractivity contribution in [3.8, 4) is 0 Å². The Kier molecular flexibility index (Phi) is 8.88. The van der Waals surface area contributed by atoms with Gasteiger partial charge in [0.25, 0.3) is 0 Å². The molecule has 0 heterocycles. The largest absolute Gasteiger partial charge is 0.298 e. The maximum absolute atomic E-state index is 12.2. The molecule has 0 bridgehead atoms. The molecule has 0 spiro atoms. The minimum absolute atomic E-state index is 0.0276. The summed E-state index contributed by atoms with van der Waals surface area (Å²) in [4.78, 5) is 12.2. The summed E-state index contributed by atoms with van der Waals surface area (Å²) in [7, 11) is 0. The molecule has 2 unspecified atom stereocenters. The maximum Gasteiger partial charge on any atom is 0.146 e. The zero-order valence-corrected chi connectivity index (χ0v) is 10.9. The summed E-state index contributed by atoms with van der Waals surface area (Å²) in [5, 5.41) is 0. The second-order valence-corrected chi connectivity index (χ2v) is 4.37. The Morgan fingerprint density at radius 3 is 1.62 bits per heavy atom. The Balaban J connectivity index is 4.31. The van der Waals surface area contributed by atoms with E-state index in [1.807, 2.05) is 0 Å². The number of carbonyl (C=O) groups excluding carboxylic acids is 1. The van der Waals surface area contributed by atoms with Gasteiger partial charge in [0.2, 0.25) is 0 Å². The fourth-order valence-electron chi connectivity index (χ4n) is 1.88. The highest BCUT2D eigenvalue weighted by Crippen LogP contribution is 2.20. The van der Waals surface area contributed by atoms with Crippen LogP contribution in [-0.2, 0) is 4.79 Å². The molecule has 0 radical (unpaired) electrons. The summed E-state index contributed by atoms with van der Waals surface area (Å²) in [5.74, 6) is 0.367. The summed E-state index contributed by atoms with van der Waals surface area (Å²) in [6, 6.07) is 0. The third kappa shape index (κ3) is 5.29. The van der Waals surface area contributed by atoms with E-state index in [2.05, 4.69) is 27.0 Å². The van der Waals surface area contributed by atoms with Gasteiger partial charge in [-0.25, -0.2) is 0 Å². The fourth-order valence-corrected chi connectivity index (χ4v) is 1.88. The number of hydrogen-bond donors (Lipinski definition) is 0. The molecule has 0 aromatic carbocycles. The van der Waals surface area contributed by atoms with E-state index in [9.17, 15) is 4.79 Å². The van der Waals surface area contributed by atoms with Gasteiger partial charge < -0.3 is 0 Å². The quantitative estimate of drug-likeness (QED) is 0.496. The second-order valence-electron chi connectivity index (χ2n) is 4.37. The van der Waals surface area contributed by atoms with Gasteiger partial charge in [0.05, 0.1) is 0 Å². The number of ketones is 1. The van der Waals surface area contributed by atoms with Crippen molar-refractivity contribution in [1.82, 2.24) is 0 Å². The lowest BCUT2D eigenvalue weighted by Crippen LogP contribution is -2.21. The van der Waals surface area contributed by atoms with Crippen LogP contribution in [0, 0.1) is 11.8 Å². The highest BCUT2D eigenvalue weighted by atomic mass is 16.1. The van der Waals surface area contributed by atoms with Gasteiger partial charge in [-0.2, -0.15) is 0 Å². The van der Waals surface area contributed by atoms with Crippen LogP contribution in [0.25, 0.3) is 0 Å². The average molecular weight is 222 g/mol. The number of carbonyl (C=O) groups is 1. The molecule has 0 saturated carbocycles. The normalized spacial score (nSPS) is 14.1. The van der Waals surface area contributed by atoms with Crippen molar-refractivity contribution in [1.29, 1.82) is 0 Å². The third-order valence-electron chi connectivity index (χ3n) is 3.04. The predicted molar refractivity (Wildman–Crippen MR) is 71.4 cm³/mol. The molecule has 0 fully saturated rings. The minimum Gasteiger partial charge on any atom is -0.298 e. The first-order chi connectivity index (χ1) is 7.71. The Morgan fingerprint density at radius 2 is 1.38 bits per heavy atom. The Bertz CT molecular complexity index is 195. The van der Waals surface area contributed by atoms with Gasteiger partial charge in [-0.3, -0.25) is 4.79 Å². The van der Waals surface area contributed by atoms with Gasteiger partial charge >= 0.3 is 0 Å². The van der Waals surface area contributed by atoms with Crippen molar-refractivity contribution in [3.63, 3.8) is 0 Å². The van der Waals surface area contributed by atoms with Crippen LogP contribution >= 0.6 is 0 Å². The molecule has 2 atom stereocenters. The molecule has 0 aliphatic rings. The first-order valence-electron chi connectivity index (χ1n) is 6.50. The number of unbranched alkanes of at least 4 members (excludes halogenated alkanes) is 2. The lowest BCUT2D eigenvalue weighted by Gasteiger charge is -2.17. The Morgan fingerprint density at radius 1 is 1.00 bits per heavy atom. The van der Waals surface area contributed by atoms with Crippen LogP contribution in [0.1, 0.15) is 52.4 Å². The van der Waals surface area contributed by atoms with E-state index in [0.29, 0.717) is 5.78 Å². The average Bonchev–Trinajstić information content (AvgIpc) is 2.31. The number of Topliss-reactive ketones (excluding diaryl/α,β-unsaturated/α-hetero) is 1. The van der Waals surface area contributed by atoms with Crippen molar-refractivity contribution in [2.45, 2.75) is 52.4 Å². The van der Waals surface area contributed by atoms with E-state index in [1.165, 1.54) is 0 Å². The van der Waals surface area contributed by atoms with Crippen LogP contribution in [0.15, 0.2) is 25.3 Å². The monoisotopic (exact) mass is 222 g/mol. The zero-order valence-electron chi connectivity index (χ0n) is 10.9. The summed E-state index contributed by atoms with van der Waals surface area (Å²) in [6.45, 7) is 11.8. The molecular weight excluding hydrogens is 196 g/mol. The summed E-state index contributed by atoms with van der Waals surface area (Å²) < 4.78 is 0. The molecule has 1 heteroatoms. The lowest BCUT2D eigenvalue weighted by atomic mass is 9.86. The third-order valence-corrected chi connectivity index (χ3v) is 3.04. The smallest absolute Gasteiger partial charge is 0.146 e. The highest BCUT2D eigenvalue weighted by molar-refractivity contribution is 5.86. The Hall–Kier alpha value is -0.850. The fraction of sp³-hybridized carbons (Fsp3) is 0.667. The standard InChI is InChI=1S/C15H26O/c1-5-9-11-13(7-3)15(16)14(8-4)12-10-6-2/h7-8,13-14H,3-6,9-12H2,1-2H3. The van der Waals surface area contributed by atoms with Gasteiger partial charge in [0, 0.05) is 11.8 Å². The molecule has 0 aliphatic heterocycles. The SMILES string of the molecule is C=CC(CCCC)C(=O)C(C=C)CCCC.